The normalized spacial score (nSPS) is 12.6. The molecule has 1 heterocycles. The van der Waals surface area contributed by atoms with E-state index in [0.29, 0.717) is 23.2 Å². The number of aliphatic hydroxyl groups excluding tert-OH is 1. The van der Waals surface area contributed by atoms with E-state index in [1.54, 1.807) is 10.9 Å². The standard InChI is InChI=1S/C13H14Cl2N2O2/c14-11-5-16-17(6-11)7-12(18)9-19-8-10-3-1-2-4-13(10)15/h1-6,12,18H,7-9H2/t12-/m0/s1. The van der Waals surface area contributed by atoms with Crippen molar-refractivity contribution in [2.75, 3.05) is 6.61 Å². The van der Waals surface area contributed by atoms with Gasteiger partial charge in [0.1, 0.15) is 0 Å². The van der Waals surface area contributed by atoms with Gasteiger partial charge in [-0.05, 0) is 11.6 Å². The van der Waals surface area contributed by atoms with Crippen LogP contribution in [-0.4, -0.2) is 27.6 Å². The topological polar surface area (TPSA) is 47.3 Å². The number of benzene rings is 1. The minimum Gasteiger partial charge on any atom is -0.389 e. The monoisotopic (exact) mass is 300 g/mol. The van der Waals surface area contributed by atoms with E-state index < -0.39 is 6.10 Å². The van der Waals surface area contributed by atoms with Gasteiger partial charge in [0.25, 0.3) is 0 Å². The predicted molar refractivity (Wildman–Crippen MR) is 74.4 cm³/mol. The Balaban J connectivity index is 1.75. The molecule has 0 aliphatic carbocycles. The number of aliphatic hydroxyl groups is 1. The van der Waals surface area contributed by atoms with Gasteiger partial charge in [-0.3, -0.25) is 4.68 Å². The van der Waals surface area contributed by atoms with Gasteiger partial charge in [0.15, 0.2) is 0 Å². The summed E-state index contributed by atoms with van der Waals surface area (Å²) in [6.07, 6.45) is 2.54. The molecule has 102 valence electrons. The Morgan fingerprint density at radius 1 is 1.32 bits per heavy atom. The third-order valence-electron chi connectivity index (χ3n) is 2.53. The summed E-state index contributed by atoms with van der Waals surface area (Å²) < 4.78 is 7.01. The van der Waals surface area contributed by atoms with Gasteiger partial charge in [-0.2, -0.15) is 5.10 Å². The fourth-order valence-corrected chi connectivity index (χ4v) is 1.97. The molecule has 1 atom stereocenters. The minimum atomic E-state index is -0.640. The summed E-state index contributed by atoms with van der Waals surface area (Å²) in [6, 6.07) is 7.46. The molecule has 0 fully saturated rings. The lowest BCUT2D eigenvalue weighted by Gasteiger charge is -2.12. The lowest BCUT2D eigenvalue weighted by atomic mass is 10.2. The fourth-order valence-electron chi connectivity index (χ4n) is 1.63. The van der Waals surface area contributed by atoms with Crippen molar-refractivity contribution in [3.8, 4) is 0 Å². The number of nitrogens with zero attached hydrogens (tertiary/aromatic N) is 2. The number of aromatic nitrogens is 2. The summed E-state index contributed by atoms with van der Waals surface area (Å²) in [4.78, 5) is 0. The van der Waals surface area contributed by atoms with Gasteiger partial charge in [0, 0.05) is 11.2 Å². The molecule has 2 rings (SSSR count). The summed E-state index contributed by atoms with van der Waals surface area (Å²) in [5.74, 6) is 0. The van der Waals surface area contributed by atoms with Crippen LogP contribution >= 0.6 is 23.2 Å². The van der Waals surface area contributed by atoms with Crippen molar-refractivity contribution in [3.05, 3.63) is 52.3 Å². The van der Waals surface area contributed by atoms with E-state index in [1.165, 1.54) is 6.20 Å². The van der Waals surface area contributed by atoms with Crippen LogP contribution in [0.25, 0.3) is 0 Å². The van der Waals surface area contributed by atoms with E-state index in [-0.39, 0.29) is 6.61 Å². The molecule has 6 heteroatoms. The van der Waals surface area contributed by atoms with Crippen molar-refractivity contribution in [1.29, 1.82) is 0 Å². The van der Waals surface area contributed by atoms with Crippen molar-refractivity contribution in [2.24, 2.45) is 0 Å². The van der Waals surface area contributed by atoms with Gasteiger partial charge in [0.2, 0.25) is 0 Å². The molecule has 19 heavy (non-hydrogen) atoms. The Labute approximate surface area is 121 Å². The lowest BCUT2D eigenvalue weighted by molar-refractivity contribution is 0.0187. The first-order chi connectivity index (χ1) is 9.15. The molecule has 0 bridgehead atoms. The number of hydrogen-bond acceptors (Lipinski definition) is 3. The quantitative estimate of drug-likeness (QED) is 0.892. The zero-order valence-corrected chi connectivity index (χ0v) is 11.7. The molecule has 2 aromatic rings. The van der Waals surface area contributed by atoms with Gasteiger partial charge in [-0.25, -0.2) is 0 Å². The summed E-state index contributed by atoms with van der Waals surface area (Å²) in [5.41, 5.74) is 0.901. The zero-order valence-electron chi connectivity index (χ0n) is 10.2. The maximum absolute atomic E-state index is 9.80. The maximum atomic E-state index is 9.80. The van der Waals surface area contributed by atoms with Crippen LogP contribution in [0.15, 0.2) is 36.7 Å². The number of rotatable bonds is 6. The van der Waals surface area contributed by atoms with Crippen LogP contribution < -0.4 is 0 Å². The van der Waals surface area contributed by atoms with Crippen molar-refractivity contribution in [1.82, 2.24) is 9.78 Å². The Morgan fingerprint density at radius 2 is 2.11 bits per heavy atom. The number of hydrogen-bond donors (Lipinski definition) is 1. The second kappa shape index (κ2) is 6.91. The largest absolute Gasteiger partial charge is 0.389 e. The highest BCUT2D eigenvalue weighted by Gasteiger charge is 2.07. The van der Waals surface area contributed by atoms with Crippen LogP contribution in [-0.2, 0) is 17.9 Å². The van der Waals surface area contributed by atoms with E-state index in [0.717, 1.165) is 5.56 Å². The average molecular weight is 301 g/mol. The van der Waals surface area contributed by atoms with Crippen LogP contribution in [0, 0.1) is 0 Å². The van der Waals surface area contributed by atoms with Crippen molar-refractivity contribution in [2.45, 2.75) is 19.3 Å². The highest BCUT2D eigenvalue weighted by Crippen LogP contribution is 2.15. The Kier molecular flexibility index (Phi) is 5.22. The van der Waals surface area contributed by atoms with Crippen LogP contribution in [0.4, 0.5) is 0 Å². The van der Waals surface area contributed by atoms with E-state index >= 15 is 0 Å². The van der Waals surface area contributed by atoms with Gasteiger partial charge < -0.3 is 9.84 Å². The third-order valence-corrected chi connectivity index (χ3v) is 3.09. The number of ether oxygens (including phenoxy) is 1. The van der Waals surface area contributed by atoms with Crippen LogP contribution in [0.1, 0.15) is 5.56 Å². The predicted octanol–water partition coefficient (Wildman–Crippen LogP) is 2.77. The van der Waals surface area contributed by atoms with E-state index in [4.69, 9.17) is 27.9 Å². The first-order valence-electron chi connectivity index (χ1n) is 5.82. The first kappa shape index (κ1) is 14.3. The summed E-state index contributed by atoms with van der Waals surface area (Å²) in [5, 5.41) is 15.0. The molecule has 1 aromatic carbocycles. The summed E-state index contributed by atoms with van der Waals surface area (Å²) in [7, 11) is 0. The van der Waals surface area contributed by atoms with Gasteiger partial charge >= 0.3 is 0 Å². The molecule has 0 aliphatic rings. The molecule has 4 nitrogen and oxygen atoms in total. The third kappa shape index (κ3) is 4.51. The molecule has 0 aliphatic heterocycles. The maximum Gasteiger partial charge on any atom is 0.0969 e. The van der Waals surface area contributed by atoms with Crippen molar-refractivity contribution < 1.29 is 9.84 Å². The van der Waals surface area contributed by atoms with E-state index in [1.807, 2.05) is 24.3 Å². The smallest absolute Gasteiger partial charge is 0.0969 e. The zero-order chi connectivity index (χ0) is 13.7. The van der Waals surface area contributed by atoms with Crippen LogP contribution in [0.2, 0.25) is 10.0 Å². The lowest BCUT2D eigenvalue weighted by Crippen LogP contribution is -2.22. The minimum absolute atomic E-state index is 0.211. The molecule has 0 amide bonds. The van der Waals surface area contributed by atoms with E-state index in [9.17, 15) is 5.11 Å². The molecular weight excluding hydrogens is 287 g/mol. The van der Waals surface area contributed by atoms with Crippen LogP contribution in [0.5, 0.6) is 0 Å². The Morgan fingerprint density at radius 3 is 2.79 bits per heavy atom. The van der Waals surface area contributed by atoms with Crippen molar-refractivity contribution in [3.63, 3.8) is 0 Å². The molecular formula is C13H14Cl2N2O2. The van der Waals surface area contributed by atoms with Crippen LogP contribution in [0.3, 0.4) is 0 Å². The van der Waals surface area contributed by atoms with Gasteiger partial charge in [-0.1, -0.05) is 41.4 Å². The molecule has 1 aromatic heterocycles. The molecule has 0 unspecified atom stereocenters. The molecule has 1 N–H and O–H groups in total. The van der Waals surface area contributed by atoms with Gasteiger partial charge in [-0.15, -0.1) is 0 Å². The second-order valence-corrected chi connectivity index (χ2v) is 4.98. The van der Waals surface area contributed by atoms with Gasteiger partial charge in [0.05, 0.1) is 37.1 Å². The SMILES string of the molecule is O[C@H](COCc1ccccc1Cl)Cn1cc(Cl)cn1. The molecule has 0 spiro atoms. The molecule has 0 saturated heterocycles. The first-order valence-corrected chi connectivity index (χ1v) is 6.58. The average Bonchev–Trinajstić information content (AvgIpc) is 2.77. The fraction of sp³-hybridized carbons (Fsp3) is 0.308. The Bertz CT molecular complexity index is 531. The Hall–Kier alpha value is -1.07. The second-order valence-electron chi connectivity index (χ2n) is 4.14. The molecule has 0 saturated carbocycles. The summed E-state index contributed by atoms with van der Waals surface area (Å²) >= 11 is 11.7. The molecule has 0 radical (unpaired) electrons. The highest BCUT2D eigenvalue weighted by atomic mass is 35.5. The highest BCUT2D eigenvalue weighted by molar-refractivity contribution is 6.31. The van der Waals surface area contributed by atoms with E-state index in [2.05, 4.69) is 5.10 Å². The van der Waals surface area contributed by atoms with Crippen molar-refractivity contribution >= 4 is 23.2 Å². The number of halogens is 2. The summed E-state index contributed by atoms with van der Waals surface area (Å²) in [6.45, 7) is 0.925.